The van der Waals surface area contributed by atoms with E-state index in [1.54, 1.807) is 26.2 Å². The molecular weight excluding hydrogens is 370 g/mol. The zero-order chi connectivity index (χ0) is 20.5. The van der Waals surface area contributed by atoms with E-state index in [2.05, 4.69) is 24.1 Å². The fourth-order valence-corrected chi connectivity index (χ4v) is 4.10. The number of anilines is 1. The third-order valence-corrected chi connectivity index (χ3v) is 5.89. The lowest BCUT2D eigenvalue weighted by Gasteiger charge is -2.29. The largest absolute Gasteiger partial charge is 0.494 e. The molecule has 2 heterocycles. The predicted octanol–water partition coefficient (Wildman–Crippen LogP) is 5.31. The van der Waals surface area contributed by atoms with Crippen LogP contribution in [-0.4, -0.2) is 23.0 Å². The van der Waals surface area contributed by atoms with E-state index < -0.39 is 0 Å². The van der Waals surface area contributed by atoms with E-state index in [1.807, 2.05) is 0 Å². The number of benzene rings is 1. The van der Waals surface area contributed by atoms with Crippen molar-refractivity contribution in [3.8, 4) is 5.75 Å². The van der Waals surface area contributed by atoms with E-state index in [1.165, 1.54) is 19.1 Å². The molecule has 7 heteroatoms. The van der Waals surface area contributed by atoms with Gasteiger partial charge in [0.25, 0.3) is 5.91 Å². The second kappa shape index (κ2) is 7.89. The van der Waals surface area contributed by atoms with Crippen LogP contribution in [0.3, 0.4) is 0 Å². The predicted molar refractivity (Wildman–Crippen MR) is 109 cm³/mol. The Morgan fingerprint density at radius 3 is 2.59 bits per heavy atom. The highest BCUT2D eigenvalue weighted by atomic mass is 16.5. The zero-order valence-corrected chi connectivity index (χ0v) is 17.3. The highest BCUT2D eigenvalue weighted by Crippen LogP contribution is 2.40. The molecule has 3 aromatic rings. The van der Waals surface area contributed by atoms with Crippen LogP contribution in [0.5, 0.6) is 5.75 Å². The first-order valence-corrected chi connectivity index (χ1v) is 10.2. The lowest BCUT2D eigenvalue weighted by atomic mass is 9.77. The topological polar surface area (TPSA) is 90.4 Å². The minimum atomic E-state index is -0.369. The maximum absolute atomic E-state index is 12.4. The van der Waals surface area contributed by atoms with Crippen molar-refractivity contribution in [1.29, 1.82) is 0 Å². The quantitative estimate of drug-likeness (QED) is 0.627. The number of ether oxygens (including phenoxy) is 1. The summed E-state index contributed by atoms with van der Waals surface area (Å²) in [5.41, 5.74) is 2.10. The van der Waals surface area contributed by atoms with E-state index >= 15 is 0 Å². The smallest absolute Gasteiger partial charge is 0.277 e. The summed E-state index contributed by atoms with van der Waals surface area (Å²) in [5.74, 6) is 3.23. The maximum atomic E-state index is 12.4. The Kier molecular flexibility index (Phi) is 5.30. The van der Waals surface area contributed by atoms with E-state index in [9.17, 15) is 4.79 Å². The molecule has 29 heavy (non-hydrogen) atoms. The fourth-order valence-electron chi connectivity index (χ4n) is 4.10. The highest BCUT2D eigenvalue weighted by molar-refractivity contribution is 6.04. The van der Waals surface area contributed by atoms with Gasteiger partial charge in [0.2, 0.25) is 0 Å². The van der Waals surface area contributed by atoms with Crippen molar-refractivity contribution in [1.82, 2.24) is 9.97 Å². The van der Waals surface area contributed by atoms with Gasteiger partial charge in [-0.1, -0.05) is 13.8 Å². The summed E-state index contributed by atoms with van der Waals surface area (Å²) < 4.78 is 16.6. The summed E-state index contributed by atoms with van der Waals surface area (Å²) in [7, 11) is 1.56. The standard InChI is InChI=1S/C22H27N3O4/c1-12(2)14-5-7-15(8-6-14)22-25-17-9-19(27-4)16(10-20(17)29-22)24-21(26)18-11-28-13(3)23-18/h9-12,14-15H,5-8H2,1-4H3,(H,24,26)/t14-,15-. The molecule has 1 fully saturated rings. The van der Waals surface area contributed by atoms with Crippen LogP contribution in [0.1, 0.15) is 67.7 Å². The number of hydrogen-bond donors (Lipinski definition) is 1. The number of carbonyl (C=O) groups is 1. The Labute approximate surface area is 169 Å². The van der Waals surface area contributed by atoms with Gasteiger partial charge in [0, 0.05) is 25.0 Å². The SMILES string of the molecule is COc1cc2nc([C@H]3CC[C@H](C(C)C)CC3)oc2cc1NC(=O)c1coc(C)n1. The molecule has 1 saturated carbocycles. The number of nitrogens with one attached hydrogen (secondary N) is 1. The molecule has 2 aromatic heterocycles. The molecular formula is C22H27N3O4. The third-order valence-electron chi connectivity index (χ3n) is 5.89. The molecule has 0 spiro atoms. The molecule has 1 amide bonds. The van der Waals surface area contributed by atoms with E-state index in [0.717, 1.165) is 36.1 Å². The summed E-state index contributed by atoms with van der Waals surface area (Å²) in [6, 6.07) is 3.56. The van der Waals surface area contributed by atoms with Crippen molar-refractivity contribution in [2.45, 2.75) is 52.4 Å². The number of carbonyl (C=O) groups excluding carboxylic acids is 1. The van der Waals surface area contributed by atoms with Crippen LogP contribution in [0.4, 0.5) is 5.69 Å². The lowest BCUT2D eigenvalue weighted by molar-refractivity contribution is 0.102. The van der Waals surface area contributed by atoms with Crippen molar-refractivity contribution in [2.24, 2.45) is 11.8 Å². The number of nitrogens with zero attached hydrogens (tertiary/aromatic N) is 2. The Morgan fingerprint density at radius 1 is 1.21 bits per heavy atom. The molecule has 4 rings (SSSR count). The van der Waals surface area contributed by atoms with Gasteiger partial charge in [0.15, 0.2) is 23.1 Å². The van der Waals surface area contributed by atoms with Crippen LogP contribution >= 0.6 is 0 Å². The maximum Gasteiger partial charge on any atom is 0.277 e. The van der Waals surface area contributed by atoms with Crippen molar-refractivity contribution >= 4 is 22.7 Å². The molecule has 0 saturated heterocycles. The van der Waals surface area contributed by atoms with E-state index in [-0.39, 0.29) is 11.6 Å². The Bertz CT molecular complexity index is 1010. The third kappa shape index (κ3) is 3.99. The summed E-state index contributed by atoms with van der Waals surface area (Å²) in [6.45, 7) is 6.29. The minimum Gasteiger partial charge on any atom is -0.494 e. The van der Waals surface area contributed by atoms with Crippen LogP contribution in [0.15, 0.2) is 27.2 Å². The van der Waals surface area contributed by atoms with Gasteiger partial charge in [-0.25, -0.2) is 9.97 Å². The fraction of sp³-hybridized carbons (Fsp3) is 0.500. The van der Waals surface area contributed by atoms with Gasteiger partial charge in [-0.2, -0.15) is 0 Å². The van der Waals surface area contributed by atoms with Gasteiger partial charge in [-0.3, -0.25) is 4.79 Å². The second-order valence-corrected chi connectivity index (χ2v) is 8.13. The van der Waals surface area contributed by atoms with Gasteiger partial charge in [0.05, 0.1) is 12.8 Å². The minimum absolute atomic E-state index is 0.213. The summed E-state index contributed by atoms with van der Waals surface area (Å²) >= 11 is 0. The Morgan fingerprint density at radius 2 is 1.97 bits per heavy atom. The molecule has 1 aliphatic carbocycles. The molecule has 0 unspecified atom stereocenters. The van der Waals surface area contributed by atoms with E-state index in [0.29, 0.717) is 28.8 Å². The Balaban J connectivity index is 1.56. The average molecular weight is 397 g/mol. The summed E-state index contributed by atoms with van der Waals surface area (Å²) in [4.78, 5) is 21.2. The normalized spacial score (nSPS) is 19.6. The number of fused-ring (bicyclic) bond motifs is 1. The molecule has 7 nitrogen and oxygen atoms in total. The first kappa shape index (κ1) is 19.5. The monoisotopic (exact) mass is 397 g/mol. The first-order valence-electron chi connectivity index (χ1n) is 10.2. The number of aryl methyl sites for hydroxylation is 1. The van der Waals surface area contributed by atoms with Crippen molar-refractivity contribution in [2.75, 3.05) is 12.4 Å². The van der Waals surface area contributed by atoms with Crippen molar-refractivity contribution in [3.05, 3.63) is 35.9 Å². The molecule has 0 atom stereocenters. The molecule has 0 aliphatic heterocycles. The molecule has 1 N–H and O–H groups in total. The molecule has 1 aliphatic rings. The van der Waals surface area contributed by atoms with Crippen molar-refractivity contribution in [3.63, 3.8) is 0 Å². The van der Waals surface area contributed by atoms with Crippen LogP contribution in [0.25, 0.3) is 11.1 Å². The number of methoxy groups -OCH3 is 1. The van der Waals surface area contributed by atoms with Gasteiger partial charge >= 0.3 is 0 Å². The Hall–Kier alpha value is -2.83. The lowest BCUT2D eigenvalue weighted by Crippen LogP contribution is -2.17. The van der Waals surface area contributed by atoms with Crippen LogP contribution in [0, 0.1) is 18.8 Å². The van der Waals surface area contributed by atoms with Gasteiger partial charge < -0.3 is 18.9 Å². The highest BCUT2D eigenvalue weighted by Gasteiger charge is 2.27. The van der Waals surface area contributed by atoms with Gasteiger partial charge in [-0.15, -0.1) is 0 Å². The van der Waals surface area contributed by atoms with Crippen molar-refractivity contribution < 1.29 is 18.4 Å². The number of hydrogen-bond acceptors (Lipinski definition) is 6. The van der Waals surface area contributed by atoms with Gasteiger partial charge in [-0.05, 0) is 37.5 Å². The van der Waals surface area contributed by atoms with Crippen LogP contribution in [-0.2, 0) is 0 Å². The molecule has 0 radical (unpaired) electrons. The zero-order valence-electron chi connectivity index (χ0n) is 17.3. The number of aromatic nitrogens is 2. The molecule has 1 aromatic carbocycles. The van der Waals surface area contributed by atoms with E-state index in [4.69, 9.17) is 18.6 Å². The van der Waals surface area contributed by atoms with Crippen LogP contribution in [0.2, 0.25) is 0 Å². The first-order chi connectivity index (χ1) is 13.9. The summed E-state index contributed by atoms with van der Waals surface area (Å²) in [6.07, 6.45) is 5.95. The number of amides is 1. The summed E-state index contributed by atoms with van der Waals surface area (Å²) in [5, 5.41) is 2.82. The number of rotatable bonds is 5. The van der Waals surface area contributed by atoms with Crippen LogP contribution < -0.4 is 10.1 Å². The second-order valence-electron chi connectivity index (χ2n) is 8.13. The average Bonchev–Trinajstić information content (AvgIpc) is 3.33. The molecule has 154 valence electrons. The molecule has 0 bridgehead atoms. The van der Waals surface area contributed by atoms with Gasteiger partial charge in [0.1, 0.15) is 17.5 Å². The number of oxazole rings is 2.